The van der Waals surface area contributed by atoms with Gasteiger partial charge in [-0.05, 0) is 6.07 Å². The summed E-state index contributed by atoms with van der Waals surface area (Å²) in [5.41, 5.74) is 1.09. The van der Waals surface area contributed by atoms with E-state index in [0.717, 1.165) is 0 Å². The van der Waals surface area contributed by atoms with E-state index in [9.17, 15) is 9.90 Å². The summed E-state index contributed by atoms with van der Waals surface area (Å²) >= 11 is 0. The number of fused-ring (bicyclic) bond motifs is 1. The molecule has 6 heteroatoms. The molecule has 1 heterocycles. The number of aliphatic hydroxyl groups is 2. The highest BCUT2D eigenvalue weighted by Gasteiger charge is 2.15. The number of carbonyl (C=O) groups is 1. The first-order valence-corrected chi connectivity index (χ1v) is 5.77. The molecule has 0 aliphatic carbocycles. The van der Waals surface area contributed by atoms with Crippen LogP contribution < -0.4 is 5.32 Å². The Kier molecular flexibility index (Phi) is 3.94. The molecule has 4 N–H and O–H groups in total. The minimum absolute atomic E-state index is 0.0313. The van der Waals surface area contributed by atoms with Gasteiger partial charge in [0.05, 0.1) is 23.9 Å². The van der Waals surface area contributed by atoms with Gasteiger partial charge in [-0.25, -0.2) is 4.79 Å². The zero-order valence-corrected chi connectivity index (χ0v) is 10.1. The van der Waals surface area contributed by atoms with E-state index in [1.807, 2.05) is 6.07 Å². The summed E-state index contributed by atoms with van der Waals surface area (Å²) < 4.78 is 0. The van der Waals surface area contributed by atoms with E-state index in [0.29, 0.717) is 16.6 Å². The molecule has 0 aliphatic rings. The maximum Gasteiger partial charge on any atom is 0.339 e. The topological polar surface area (TPSA) is 103 Å². The van der Waals surface area contributed by atoms with Crippen molar-refractivity contribution in [2.24, 2.45) is 0 Å². The van der Waals surface area contributed by atoms with Crippen LogP contribution in [0.5, 0.6) is 0 Å². The molecular formula is C13H14N2O4. The van der Waals surface area contributed by atoms with Crippen molar-refractivity contribution in [3.63, 3.8) is 0 Å². The smallest absolute Gasteiger partial charge is 0.339 e. The third-order valence-electron chi connectivity index (χ3n) is 2.73. The van der Waals surface area contributed by atoms with E-state index in [2.05, 4.69) is 10.3 Å². The summed E-state index contributed by atoms with van der Waals surface area (Å²) in [6, 6.07) is 7.11. The summed E-state index contributed by atoms with van der Waals surface area (Å²) in [4.78, 5) is 15.3. The molecule has 2 aromatic rings. The fraction of sp³-hybridized carbons (Fsp3) is 0.231. The molecule has 1 unspecified atom stereocenters. The molecule has 0 bridgehead atoms. The molecule has 1 aromatic carbocycles. The monoisotopic (exact) mass is 262 g/mol. The molecule has 1 aromatic heterocycles. The zero-order chi connectivity index (χ0) is 13.8. The predicted molar refractivity (Wildman–Crippen MR) is 70.3 cm³/mol. The maximum absolute atomic E-state index is 11.2. The molecule has 6 nitrogen and oxygen atoms in total. The second-order valence-corrected chi connectivity index (χ2v) is 4.09. The van der Waals surface area contributed by atoms with Gasteiger partial charge >= 0.3 is 5.97 Å². The number of aromatic carboxylic acids is 1. The quantitative estimate of drug-likeness (QED) is 0.632. The van der Waals surface area contributed by atoms with E-state index in [4.69, 9.17) is 10.2 Å². The molecule has 0 saturated carbocycles. The molecular weight excluding hydrogens is 248 g/mol. The molecule has 1 atom stereocenters. The second kappa shape index (κ2) is 5.64. The van der Waals surface area contributed by atoms with Gasteiger partial charge in [0.2, 0.25) is 0 Å². The number of carboxylic acid groups (broad SMARTS) is 1. The average molecular weight is 262 g/mol. The van der Waals surface area contributed by atoms with E-state index in [1.165, 1.54) is 6.20 Å². The number of benzene rings is 1. The van der Waals surface area contributed by atoms with Gasteiger partial charge in [0.25, 0.3) is 0 Å². The van der Waals surface area contributed by atoms with Gasteiger partial charge in [0, 0.05) is 18.1 Å². The lowest BCUT2D eigenvalue weighted by atomic mass is 10.1. The number of aromatic nitrogens is 1. The van der Waals surface area contributed by atoms with Crippen LogP contribution in [-0.2, 0) is 0 Å². The minimum atomic E-state index is -1.10. The number of nitrogens with zero attached hydrogens (tertiary/aromatic N) is 1. The highest BCUT2D eigenvalue weighted by atomic mass is 16.4. The van der Waals surface area contributed by atoms with Gasteiger partial charge in [0.1, 0.15) is 5.56 Å². The summed E-state index contributed by atoms with van der Waals surface area (Å²) in [5, 5.41) is 30.8. The first-order valence-electron chi connectivity index (χ1n) is 5.77. The van der Waals surface area contributed by atoms with Crippen LogP contribution in [0.15, 0.2) is 30.5 Å². The van der Waals surface area contributed by atoms with Crippen LogP contribution >= 0.6 is 0 Å². The van der Waals surface area contributed by atoms with Crippen molar-refractivity contribution in [3.05, 3.63) is 36.0 Å². The highest BCUT2D eigenvalue weighted by molar-refractivity contribution is 6.04. The third kappa shape index (κ3) is 2.81. The molecule has 0 amide bonds. The lowest BCUT2D eigenvalue weighted by molar-refractivity contribution is 0.0697. The van der Waals surface area contributed by atoms with Crippen molar-refractivity contribution in [2.75, 3.05) is 18.5 Å². The molecule has 0 radical (unpaired) electrons. The van der Waals surface area contributed by atoms with Crippen LogP contribution in [-0.4, -0.2) is 45.5 Å². The number of nitrogens with one attached hydrogen (secondary N) is 1. The van der Waals surface area contributed by atoms with Gasteiger partial charge in [-0.2, -0.15) is 0 Å². The molecule has 2 rings (SSSR count). The van der Waals surface area contributed by atoms with Crippen LogP contribution in [0.25, 0.3) is 10.9 Å². The Bertz CT molecular complexity index is 600. The van der Waals surface area contributed by atoms with Crippen molar-refractivity contribution in [2.45, 2.75) is 6.10 Å². The van der Waals surface area contributed by atoms with E-state index in [-0.39, 0.29) is 12.1 Å². The average Bonchev–Trinajstić information content (AvgIpc) is 2.43. The van der Waals surface area contributed by atoms with Crippen LogP contribution in [0.2, 0.25) is 0 Å². The third-order valence-corrected chi connectivity index (χ3v) is 2.73. The van der Waals surface area contributed by atoms with Crippen LogP contribution in [0.1, 0.15) is 10.4 Å². The normalized spacial score (nSPS) is 12.3. The lowest BCUT2D eigenvalue weighted by Gasteiger charge is -2.14. The zero-order valence-electron chi connectivity index (χ0n) is 10.1. The maximum atomic E-state index is 11.2. The van der Waals surface area contributed by atoms with Crippen LogP contribution in [0, 0.1) is 0 Å². The van der Waals surface area contributed by atoms with E-state index >= 15 is 0 Å². The van der Waals surface area contributed by atoms with Gasteiger partial charge in [0.15, 0.2) is 0 Å². The fourth-order valence-corrected chi connectivity index (χ4v) is 1.78. The summed E-state index contributed by atoms with van der Waals surface area (Å²) in [5.74, 6) is -1.10. The molecule has 100 valence electrons. The number of rotatable bonds is 5. The van der Waals surface area contributed by atoms with Crippen molar-refractivity contribution in [3.8, 4) is 0 Å². The molecule has 0 saturated heterocycles. The van der Waals surface area contributed by atoms with Gasteiger partial charge in [-0.3, -0.25) is 4.98 Å². The highest BCUT2D eigenvalue weighted by Crippen LogP contribution is 2.25. The van der Waals surface area contributed by atoms with Gasteiger partial charge in [-0.1, -0.05) is 18.2 Å². The first kappa shape index (κ1) is 13.3. The van der Waals surface area contributed by atoms with E-state index in [1.54, 1.807) is 18.2 Å². The Morgan fingerprint density at radius 2 is 2.11 bits per heavy atom. The molecule has 19 heavy (non-hydrogen) atoms. The molecule has 0 aliphatic heterocycles. The number of aliphatic hydroxyl groups excluding tert-OH is 2. The molecule has 0 fully saturated rings. The standard InChI is InChI=1S/C13H14N2O4/c16-7-8(17)5-15-12-9-3-1-2-4-11(9)14-6-10(12)13(18)19/h1-4,6,8,16-17H,5,7H2,(H,14,15)(H,18,19). The Balaban J connectivity index is 2.46. The van der Waals surface area contributed by atoms with Crippen molar-refractivity contribution in [1.29, 1.82) is 0 Å². The SMILES string of the molecule is O=C(O)c1cnc2ccccc2c1NCC(O)CO. The van der Waals surface area contributed by atoms with Crippen LogP contribution in [0.4, 0.5) is 5.69 Å². The van der Waals surface area contributed by atoms with Crippen LogP contribution in [0.3, 0.4) is 0 Å². The summed E-state index contributed by atoms with van der Waals surface area (Å²) in [6.07, 6.45) is 0.326. The fourth-order valence-electron chi connectivity index (χ4n) is 1.78. The Morgan fingerprint density at radius 3 is 2.79 bits per heavy atom. The number of anilines is 1. The van der Waals surface area contributed by atoms with Gasteiger partial charge < -0.3 is 20.6 Å². The largest absolute Gasteiger partial charge is 0.478 e. The van der Waals surface area contributed by atoms with Crippen molar-refractivity contribution in [1.82, 2.24) is 4.98 Å². The van der Waals surface area contributed by atoms with Gasteiger partial charge in [-0.15, -0.1) is 0 Å². The number of para-hydroxylation sites is 1. The molecule has 0 spiro atoms. The predicted octanol–water partition coefficient (Wildman–Crippen LogP) is 0.698. The number of pyridine rings is 1. The number of hydrogen-bond acceptors (Lipinski definition) is 5. The first-order chi connectivity index (χ1) is 9.13. The summed E-state index contributed by atoms with van der Waals surface area (Å²) in [7, 11) is 0. The van der Waals surface area contributed by atoms with E-state index < -0.39 is 18.7 Å². The Labute approximate surface area is 109 Å². The number of hydrogen-bond donors (Lipinski definition) is 4. The minimum Gasteiger partial charge on any atom is -0.478 e. The summed E-state index contributed by atoms with van der Waals surface area (Å²) in [6.45, 7) is -0.330. The second-order valence-electron chi connectivity index (χ2n) is 4.09. The van der Waals surface area contributed by atoms with Crippen molar-refractivity contribution < 1.29 is 20.1 Å². The lowest BCUT2D eigenvalue weighted by Crippen LogP contribution is -2.24. The Hall–Kier alpha value is -2.18. The Morgan fingerprint density at radius 1 is 1.37 bits per heavy atom. The number of carboxylic acids is 1. The van der Waals surface area contributed by atoms with Crippen molar-refractivity contribution >= 4 is 22.6 Å².